The molecule has 0 aromatic heterocycles. The van der Waals surface area contributed by atoms with Crippen LogP contribution in [0.25, 0.3) is 0 Å². The smallest absolute Gasteiger partial charge is 0.249 e. The highest BCUT2D eigenvalue weighted by Gasteiger charge is 2.05. The van der Waals surface area contributed by atoms with Gasteiger partial charge >= 0.3 is 0 Å². The number of carbonyl (C=O) groups excluding carboxylic acids is 1. The summed E-state index contributed by atoms with van der Waals surface area (Å²) >= 11 is 0. The maximum Gasteiger partial charge on any atom is 0.249 e. The molecule has 0 aliphatic heterocycles. The molecule has 0 unspecified atom stereocenters. The molecule has 0 fully saturated rings. The number of hydrogen-bond donors (Lipinski definition) is 3. The molecule has 4 nitrogen and oxygen atoms in total. The number of aliphatic hydroxyl groups is 1. The van der Waals surface area contributed by atoms with Gasteiger partial charge in [0.1, 0.15) is 0 Å². The number of aliphatic hydroxyl groups excluding tert-OH is 1. The minimum atomic E-state index is -0.386. The van der Waals surface area contributed by atoms with E-state index in [1.165, 1.54) is 0 Å². The lowest BCUT2D eigenvalue weighted by Gasteiger charge is -2.08. The Morgan fingerprint density at radius 3 is 2.71 bits per heavy atom. The number of carbonyl (C=O) groups is 1. The molecule has 1 amide bonds. The Hall–Kier alpha value is -1.39. The SMILES string of the molecule is NC(=O)c1ccccc1CNCCCCCO. The fourth-order valence-electron chi connectivity index (χ4n) is 1.68. The minimum Gasteiger partial charge on any atom is -0.396 e. The monoisotopic (exact) mass is 236 g/mol. The molecule has 0 bridgehead atoms. The van der Waals surface area contributed by atoms with E-state index in [0.717, 1.165) is 31.4 Å². The predicted octanol–water partition coefficient (Wildman–Crippen LogP) is 1.04. The molecule has 4 heteroatoms. The largest absolute Gasteiger partial charge is 0.396 e. The van der Waals surface area contributed by atoms with Gasteiger partial charge in [-0.05, 0) is 37.4 Å². The number of amides is 1. The van der Waals surface area contributed by atoms with Gasteiger partial charge in [-0.3, -0.25) is 4.79 Å². The van der Waals surface area contributed by atoms with Crippen LogP contribution in [0.15, 0.2) is 24.3 Å². The van der Waals surface area contributed by atoms with Crippen molar-refractivity contribution in [1.29, 1.82) is 0 Å². The number of hydrogen-bond acceptors (Lipinski definition) is 3. The Morgan fingerprint density at radius 1 is 1.24 bits per heavy atom. The molecule has 1 rings (SSSR count). The van der Waals surface area contributed by atoms with E-state index in [1.54, 1.807) is 6.07 Å². The van der Waals surface area contributed by atoms with Crippen LogP contribution >= 0.6 is 0 Å². The van der Waals surface area contributed by atoms with Gasteiger partial charge in [0, 0.05) is 18.7 Å². The molecule has 1 aromatic rings. The minimum absolute atomic E-state index is 0.254. The third-order valence-electron chi connectivity index (χ3n) is 2.61. The van der Waals surface area contributed by atoms with Crippen molar-refractivity contribution in [2.24, 2.45) is 5.73 Å². The van der Waals surface area contributed by atoms with Crippen LogP contribution < -0.4 is 11.1 Å². The fraction of sp³-hybridized carbons (Fsp3) is 0.462. The molecule has 0 radical (unpaired) electrons. The zero-order chi connectivity index (χ0) is 12.5. The molecule has 0 saturated heterocycles. The van der Waals surface area contributed by atoms with Crippen LogP contribution in [0, 0.1) is 0 Å². The second-order valence-electron chi connectivity index (χ2n) is 3.98. The first kappa shape index (κ1) is 13.7. The summed E-state index contributed by atoms with van der Waals surface area (Å²) in [6.45, 7) is 1.79. The van der Waals surface area contributed by atoms with Crippen LogP contribution in [0.2, 0.25) is 0 Å². The molecule has 94 valence electrons. The lowest BCUT2D eigenvalue weighted by molar-refractivity contribution is 0.0999. The van der Waals surface area contributed by atoms with E-state index in [0.29, 0.717) is 12.1 Å². The van der Waals surface area contributed by atoms with Gasteiger partial charge in [-0.2, -0.15) is 0 Å². The van der Waals surface area contributed by atoms with Crippen molar-refractivity contribution in [2.45, 2.75) is 25.8 Å². The highest BCUT2D eigenvalue weighted by molar-refractivity contribution is 5.94. The molecule has 0 atom stereocenters. The number of rotatable bonds is 8. The van der Waals surface area contributed by atoms with Crippen LogP contribution in [0.4, 0.5) is 0 Å². The lowest BCUT2D eigenvalue weighted by atomic mass is 10.1. The van der Waals surface area contributed by atoms with Gasteiger partial charge in [-0.25, -0.2) is 0 Å². The maximum absolute atomic E-state index is 11.2. The van der Waals surface area contributed by atoms with Crippen molar-refractivity contribution >= 4 is 5.91 Å². The molecule has 0 spiro atoms. The first-order valence-electron chi connectivity index (χ1n) is 5.95. The number of benzene rings is 1. The summed E-state index contributed by atoms with van der Waals surface area (Å²) in [4.78, 5) is 11.2. The van der Waals surface area contributed by atoms with Crippen LogP contribution in [0.3, 0.4) is 0 Å². The van der Waals surface area contributed by atoms with E-state index in [1.807, 2.05) is 18.2 Å². The van der Waals surface area contributed by atoms with Crippen LogP contribution in [0.5, 0.6) is 0 Å². The normalized spacial score (nSPS) is 10.4. The Bertz CT molecular complexity index is 353. The predicted molar refractivity (Wildman–Crippen MR) is 67.6 cm³/mol. The van der Waals surface area contributed by atoms with Gasteiger partial charge in [0.2, 0.25) is 5.91 Å². The van der Waals surface area contributed by atoms with E-state index in [-0.39, 0.29) is 12.5 Å². The Kier molecular flexibility index (Phi) is 6.29. The second kappa shape index (κ2) is 7.81. The molecule has 4 N–H and O–H groups in total. The Labute approximate surface area is 102 Å². The molecular weight excluding hydrogens is 216 g/mol. The summed E-state index contributed by atoms with van der Waals surface area (Å²) in [7, 11) is 0. The zero-order valence-electron chi connectivity index (χ0n) is 9.98. The van der Waals surface area contributed by atoms with Crippen LogP contribution in [-0.4, -0.2) is 24.2 Å². The summed E-state index contributed by atoms with van der Waals surface area (Å²) in [5.41, 5.74) is 6.80. The van der Waals surface area contributed by atoms with E-state index >= 15 is 0 Å². The average Bonchev–Trinajstić information content (AvgIpc) is 2.34. The van der Waals surface area contributed by atoms with Crippen molar-refractivity contribution in [3.05, 3.63) is 35.4 Å². The molecule has 17 heavy (non-hydrogen) atoms. The van der Waals surface area contributed by atoms with E-state index in [2.05, 4.69) is 5.32 Å². The summed E-state index contributed by atoms with van der Waals surface area (Å²) in [6, 6.07) is 7.35. The summed E-state index contributed by atoms with van der Waals surface area (Å²) < 4.78 is 0. The van der Waals surface area contributed by atoms with Crippen molar-refractivity contribution in [3.8, 4) is 0 Å². The standard InChI is InChI=1S/C13H20N2O2/c14-13(17)12-7-3-2-6-11(12)10-15-8-4-1-5-9-16/h2-3,6-7,15-16H,1,4-5,8-10H2,(H2,14,17). The number of unbranched alkanes of at least 4 members (excludes halogenated alkanes) is 2. The fourth-order valence-corrected chi connectivity index (χ4v) is 1.68. The van der Waals surface area contributed by atoms with Gasteiger partial charge in [-0.15, -0.1) is 0 Å². The first-order valence-corrected chi connectivity index (χ1v) is 5.95. The second-order valence-corrected chi connectivity index (χ2v) is 3.98. The molecule has 0 heterocycles. The van der Waals surface area contributed by atoms with Crippen molar-refractivity contribution in [1.82, 2.24) is 5.32 Å². The lowest BCUT2D eigenvalue weighted by Crippen LogP contribution is -2.19. The summed E-state index contributed by atoms with van der Waals surface area (Å²) in [5.74, 6) is -0.386. The molecular formula is C13H20N2O2. The van der Waals surface area contributed by atoms with E-state index < -0.39 is 0 Å². The Morgan fingerprint density at radius 2 is 2.00 bits per heavy atom. The van der Waals surface area contributed by atoms with Gasteiger partial charge < -0.3 is 16.2 Å². The van der Waals surface area contributed by atoms with Crippen molar-refractivity contribution in [3.63, 3.8) is 0 Å². The maximum atomic E-state index is 11.2. The first-order chi connectivity index (χ1) is 8.25. The topological polar surface area (TPSA) is 75.4 Å². The van der Waals surface area contributed by atoms with E-state index in [4.69, 9.17) is 10.8 Å². The van der Waals surface area contributed by atoms with Gasteiger partial charge in [0.15, 0.2) is 0 Å². The van der Waals surface area contributed by atoms with Crippen molar-refractivity contribution in [2.75, 3.05) is 13.2 Å². The third-order valence-corrected chi connectivity index (χ3v) is 2.61. The summed E-state index contributed by atoms with van der Waals surface area (Å²) in [5, 5.41) is 11.9. The van der Waals surface area contributed by atoms with E-state index in [9.17, 15) is 4.79 Å². The number of nitrogens with one attached hydrogen (secondary N) is 1. The number of nitrogens with two attached hydrogens (primary N) is 1. The van der Waals surface area contributed by atoms with Gasteiger partial charge in [0.05, 0.1) is 0 Å². The highest BCUT2D eigenvalue weighted by atomic mass is 16.2. The molecule has 1 aromatic carbocycles. The van der Waals surface area contributed by atoms with Gasteiger partial charge in [0.25, 0.3) is 0 Å². The highest BCUT2D eigenvalue weighted by Crippen LogP contribution is 2.07. The van der Waals surface area contributed by atoms with Crippen molar-refractivity contribution < 1.29 is 9.90 Å². The third kappa shape index (κ3) is 4.97. The molecule has 0 aliphatic carbocycles. The Balaban J connectivity index is 2.34. The molecule has 0 saturated carbocycles. The van der Waals surface area contributed by atoms with Crippen LogP contribution in [0.1, 0.15) is 35.2 Å². The summed E-state index contributed by atoms with van der Waals surface area (Å²) in [6.07, 6.45) is 2.89. The zero-order valence-corrected chi connectivity index (χ0v) is 9.98. The van der Waals surface area contributed by atoms with Gasteiger partial charge in [-0.1, -0.05) is 18.2 Å². The molecule has 0 aliphatic rings. The number of primary amides is 1. The average molecular weight is 236 g/mol. The van der Waals surface area contributed by atoms with Crippen LogP contribution in [-0.2, 0) is 6.54 Å². The quantitative estimate of drug-likeness (QED) is 0.590.